The second kappa shape index (κ2) is 5.36. The summed E-state index contributed by atoms with van der Waals surface area (Å²) < 4.78 is 39.7. The van der Waals surface area contributed by atoms with Crippen molar-refractivity contribution in [1.82, 2.24) is 19.7 Å². The first-order chi connectivity index (χ1) is 11.4. The molecule has 0 spiro atoms. The largest absolute Gasteiger partial charge is 0.435 e. The van der Waals surface area contributed by atoms with Crippen LogP contribution in [-0.4, -0.2) is 19.7 Å². The van der Waals surface area contributed by atoms with Crippen LogP contribution in [0.1, 0.15) is 43.0 Å². The van der Waals surface area contributed by atoms with Gasteiger partial charge >= 0.3 is 6.18 Å². The second-order valence-corrected chi connectivity index (χ2v) is 6.40. The fourth-order valence-corrected chi connectivity index (χ4v) is 3.51. The quantitative estimate of drug-likeness (QED) is 0.742. The van der Waals surface area contributed by atoms with Gasteiger partial charge in [0.2, 0.25) is 0 Å². The first-order valence-electron chi connectivity index (χ1n) is 8.02. The molecular formula is C17H17F3N4. The number of pyridine rings is 1. The number of rotatable bonds is 2. The second-order valence-electron chi connectivity index (χ2n) is 6.40. The molecule has 126 valence electrons. The van der Waals surface area contributed by atoms with E-state index in [1.165, 1.54) is 43.1 Å². The number of fused-ring (bicyclic) bond motifs is 1. The topological polar surface area (TPSA) is 46.5 Å². The summed E-state index contributed by atoms with van der Waals surface area (Å²) in [5.74, 6) is 0.538. The molecule has 1 aliphatic carbocycles. The lowest BCUT2D eigenvalue weighted by atomic mass is 10.0. The number of aryl methyl sites for hydroxylation is 1. The smallest absolute Gasteiger partial charge is 0.343 e. The molecule has 0 radical (unpaired) electrons. The number of nitrogens with one attached hydrogen (secondary N) is 1. The van der Waals surface area contributed by atoms with E-state index in [0.29, 0.717) is 17.2 Å². The number of H-pyrrole nitrogens is 1. The fourth-order valence-electron chi connectivity index (χ4n) is 3.51. The van der Waals surface area contributed by atoms with Crippen LogP contribution in [0.4, 0.5) is 13.2 Å². The number of hydrogen-bond donors (Lipinski definition) is 1. The SMILES string of the molecule is Cn1nc(C(F)(F)F)cc1-c1cnc2[nH]c(C3CCCC3)cc2c1. The van der Waals surface area contributed by atoms with Gasteiger partial charge in [0.15, 0.2) is 5.69 Å². The number of alkyl halides is 3. The van der Waals surface area contributed by atoms with E-state index < -0.39 is 11.9 Å². The third kappa shape index (κ3) is 2.57. The number of aromatic amines is 1. The molecule has 24 heavy (non-hydrogen) atoms. The van der Waals surface area contributed by atoms with Crippen LogP contribution < -0.4 is 0 Å². The summed E-state index contributed by atoms with van der Waals surface area (Å²) in [6.07, 6.45) is 1.99. The molecule has 1 aliphatic rings. The third-order valence-corrected chi connectivity index (χ3v) is 4.75. The standard InChI is InChI=1S/C17H17F3N4/c1-24-14(8-15(23-24)17(18,19)20)12-6-11-7-13(10-4-2-3-5-10)22-16(11)21-9-12/h6-10H,2-5H2,1H3,(H,21,22). The average molecular weight is 334 g/mol. The van der Waals surface area contributed by atoms with Crippen LogP contribution in [0.15, 0.2) is 24.4 Å². The molecule has 4 rings (SSSR count). The Morgan fingerprint density at radius 1 is 1.17 bits per heavy atom. The highest BCUT2D eigenvalue weighted by Crippen LogP contribution is 2.36. The Morgan fingerprint density at radius 3 is 2.58 bits per heavy atom. The summed E-state index contributed by atoms with van der Waals surface area (Å²) in [5.41, 5.74) is 2.10. The maximum absolute atomic E-state index is 12.8. The highest BCUT2D eigenvalue weighted by atomic mass is 19.4. The Balaban J connectivity index is 1.73. The first-order valence-corrected chi connectivity index (χ1v) is 8.02. The van der Waals surface area contributed by atoms with Crippen molar-refractivity contribution in [3.8, 4) is 11.3 Å². The number of nitrogens with zero attached hydrogens (tertiary/aromatic N) is 3. The summed E-state index contributed by atoms with van der Waals surface area (Å²) in [6.45, 7) is 0. The van der Waals surface area contributed by atoms with Crippen molar-refractivity contribution >= 4 is 11.0 Å². The van der Waals surface area contributed by atoms with Crippen LogP contribution >= 0.6 is 0 Å². The molecule has 0 amide bonds. The van der Waals surface area contributed by atoms with E-state index in [9.17, 15) is 13.2 Å². The Morgan fingerprint density at radius 2 is 1.92 bits per heavy atom. The molecule has 0 aromatic carbocycles. The van der Waals surface area contributed by atoms with E-state index in [1.54, 1.807) is 6.20 Å². The molecular weight excluding hydrogens is 317 g/mol. The van der Waals surface area contributed by atoms with Crippen LogP contribution in [0.2, 0.25) is 0 Å². The van der Waals surface area contributed by atoms with Gasteiger partial charge in [-0.3, -0.25) is 4.68 Å². The van der Waals surface area contributed by atoms with Crippen LogP contribution in [0.25, 0.3) is 22.3 Å². The molecule has 0 atom stereocenters. The summed E-state index contributed by atoms with van der Waals surface area (Å²) in [6, 6.07) is 5.00. The van der Waals surface area contributed by atoms with E-state index in [4.69, 9.17) is 0 Å². The molecule has 0 aliphatic heterocycles. The molecule has 1 N–H and O–H groups in total. The van der Waals surface area contributed by atoms with Crippen molar-refractivity contribution in [3.63, 3.8) is 0 Å². The molecule has 0 saturated heterocycles. The lowest BCUT2D eigenvalue weighted by Crippen LogP contribution is -2.06. The molecule has 3 heterocycles. The van der Waals surface area contributed by atoms with E-state index in [2.05, 4.69) is 21.1 Å². The van der Waals surface area contributed by atoms with E-state index in [1.807, 2.05) is 6.07 Å². The number of hydrogen-bond acceptors (Lipinski definition) is 2. The lowest BCUT2D eigenvalue weighted by molar-refractivity contribution is -0.141. The molecule has 0 unspecified atom stereocenters. The highest BCUT2D eigenvalue weighted by Gasteiger charge is 2.34. The highest BCUT2D eigenvalue weighted by molar-refractivity contribution is 5.81. The molecule has 4 nitrogen and oxygen atoms in total. The fraction of sp³-hybridized carbons (Fsp3) is 0.412. The summed E-state index contributed by atoms with van der Waals surface area (Å²) in [5, 5.41) is 4.48. The van der Waals surface area contributed by atoms with E-state index in [-0.39, 0.29) is 0 Å². The van der Waals surface area contributed by atoms with Crippen LogP contribution in [0.3, 0.4) is 0 Å². The minimum absolute atomic E-state index is 0.403. The lowest BCUT2D eigenvalue weighted by Gasteiger charge is -2.04. The zero-order chi connectivity index (χ0) is 16.9. The van der Waals surface area contributed by atoms with Gasteiger partial charge in [-0.2, -0.15) is 18.3 Å². The normalized spacial score (nSPS) is 16.3. The zero-order valence-electron chi connectivity index (χ0n) is 13.2. The van der Waals surface area contributed by atoms with Gasteiger partial charge in [-0.25, -0.2) is 4.98 Å². The average Bonchev–Trinajstić information content (AvgIpc) is 3.24. The molecule has 3 aromatic rings. The van der Waals surface area contributed by atoms with Crippen molar-refractivity contribution in [3.05, 3.63) is 35.8 Å². The maximum atomic E-state index is 12.8. The van der Waals surface area contributed by atoms with Gasteiger partial charge < -0.3 is 4.98 Å². The summed E-state index contributed by atoms with van der Waals surface area (Å²) >= 11 is 0. The minimum atomic E-state index is -4.45. The number of halogens is 3. The van der Waals surface area contributed by atoms with Gasteiger partial charge in [0.05, 0.1) is 5.69 Å². The zero-order valence-corrected chi connectivity index (χ0v) is 13.2. The van der Waals surface area contributed by atoms with Crippen LogP contribution in [-0.2, 0) is 13.2 Å². The van der Waals surface area contributed by atoms with Crippen molar-refractivity contribution < 1.29 is 13.2 Å². The predicted octanol–water partition coefficient (Wildman–Crippen LogP) is 4.64. The summed E-state index contributed by atoms with van der Waals surface area (Å²) in [4.78, 5) is 7.73. The Labute approximate surface area is 136 Å². The number of aromatic nitrogens is 4. The monoisotopic (exact) mass is 334 g/mol. The predicted molar refractivity (Wildman–Crippen MR) is 84.5 cm³/mol. The van der Waals surface area contributed by atoms with Gasteiger partial charge in [0.25, 0.3) is 0 Å². The van der Waals surface area contributed by atoms with Gasteiger partial charge in [0.1, 0.15) is 5.65 Å². The maximum Gasteiger partial charge on any atom is 0.435 e. The Hall–Kier alpha value is -2.31. The first kappa shape index (κ1) is 15.2. The summed E-state index contributed by atoms with van der Waals surface area (Å²) in [7, 11) is 1.51. The third-order valence-electron chi connectivity index (χ3n) is 4.75. The molecule has 1 fully saturated rings. The van der Waals surface area contributed by atoms with Crippen molar-refractivity contribution in [2.45, 2.75) is 37.8 Å². The van der Waals surface area contributed by atoms with Gasteiger partial charge in [0, 0.05) is 29.9 Å². The van der Waals surface area contributed by atoms with Gasteiger partial charge in [-0.1, -0.05) is 12.8 Å². The van der Waals surface area contributed by atoms with E-state index >= 15 is 0 Å². The van der Waals surface area contributed by atoms with Gasteiger partial charge in [-0.15, -0.1) is 0 Å². The van der Waals surface area contributed by atoms with Crippen LogP contribution in [0, 0.1) is 0 Å². The molecule has 0 bridgehead atoms. The van der Waals surface area contributed by atoms with Crippen molar-refractivity contribution in [2.24, 2.45) is 7.05 Å². The Bertz CT molecular complexity index is 885. The molecule has 3 aromatic heterocycles. The van der Waals surface area contributed by atoms with E-state index in [0.717, 1.165) is 17.1 Å². The van der Waals surface area contributed by atoms with Crippen molar-refractivity contribution in [2.75, 3.05) is 0 Å². The van der Waals surface area contributed by atoms with Crippen LogP contribution in [0.5, 0.6) is 0 Å². The minimum Gasteiger partial charge on any atom is -0.343 e. The molecule has 7 heteroatoms. The Kier molecular flexibility index (Phi) is 3.40. The van der Waals surface area contributed by atoms with Crippen molar-refractivity contribution in [1.29, 1.82) is 0 Å². The molecule has 1 saturated carbocycles. The van der Waals surface area contributed by atoms with Gasteiger partial charge in [-0.05, 0) is 37.0 Å².